The van der Waals surface area contributed by atoms with Crippen LogP contribution < -0.4 is 11.1 Å². The van der Waals surface area contributed by atoms with E-state index in [2.05, 4.69) is 10.3 Å². The van der Waals surface area contributed by atoms with Crippen molar-refractivity contribution in [3.63, 3.8) is 0 Å². The number of rotatable bonds is 3. The Morgan fingerprint density at radius 1 is 1.55 bits per heavy atom. The van der Waals surface area contributed by atoms with Gasteiger partial charge in [-0.2, -0.15) is 0 Å². The van der Waals surface area contributed by atoms with Crippen molar-refractivity contribution in [1.82, 2.24) is 15.2 Å². The molecule has 0 aromatic carbocycles. The van der Waals surface area contributed by atoms with E-state index in [-0.39, 0.29) is 23.3 Å². The molecule has 106 valence electrons. The minimum Gasteiger partial charge on any atom is -0.388 e. The fraction of sp³-hybridized carbons (Fsp3) is 0.385. The number of nitrogens with one attached hydrogen (secondary N) is 1. The molecule has 0 bridgehead atoms. The lowest BCUT2D eigenvalue weighted by Gasteiger charge is -2.40. The highest BCUT2D eigenvalue weighted by molar-refractivity contribution is 7.80. The molecule has 0 aliphatic carbocycles. The van der Waals surface area contributed by atoms with Gasteiger partial charge in [-0.05, 0) is 25.5 Å². The number of nitrogens with two attached hydrogens (primary N) is 1. The van der Waals surface area contributed by atoms with Gasteiger partial charge in [0.2, 0.25) is 11.8 Å². The molecule has 1 fully saturated rings. The molecule has 0 radical (unpaired) electrons. The van der Waals surface area contributed by atoms with E-state index in [4.69, 9.17) is 18.0 Å². The van der Waals surface area contributed by atoms with Gasteiger partial charge in [0, 0.05) is 12.7 Å². The Hall–Kier alpha value is -1.86. The number of thiocarbonyl (C=S) groups is 1. The van der Waals surface area contributed by atoms with Crippen molar-refractivity contribution in [2.24, 2.45) is 5.73 Å². The van der Waals surface area contributed by atoms with Crippen molar-refractivity contribution >= 4 is 29.0 Å². The third-order valence-corrected chi connectivity index (χ3v) is 3.61. The van der Waals surface area contributed by atoms with Gasteiger partial charge < -0.3 is 5.73 Å². The number of pyridine rings is 1. The van der Waals surface area contributed by atoms with E-state index in [0.717, 1.165) is 5.56 Å². The lowest BCUT2D eigenvalue weighted by molar-refractivity contribution is -0.145. The highest BCUT2D eigenvalue weighted by Crippen LogP contribution is 2.21. The number of carbonyl (C=O) groups excluding carboxylic acids is 2. The van der Waals surface area contributed by atoms with E-state index in [1.165, 1.54) is 0 Å². The van der Waals surface area contributed by atoms with Crippen molar-refractivity contribution in [3.8, 4) is 0 Å². The second-order valence-electron chi connectivity index (χ2n) is 5.17. The first-order valence-electron chi connectivity index (χ1n) is 6.15. The maximum Gasteiger partial charge on any atom is 0.246 e. The lowest BCUT2D eigenvalue weighted by Crippen LogP contribution is -2.63. The molecular weight excluding hydrogens is 276 g/mol. The van der Waals surface area contributed by atoms with Gasteiger partial charge >= 0.3 is 0 Å². The number of hydrogen-bond donors (Lipinski definition) is 2. The smallest absolute Gasteiger partial charge is 0.246 e. The number of hydrogen-bond acceptors (Lipinski definition) is 5. The van der Waals surface area contributed by atoms with E-state index < -0.39 is 5.54 Å². The van der Waals surface area contributed by atoms with Crippen LogP contribution in [0.4, 0.5) is 0 Å². The van der Waals surface area contributed by atoms with Gasteiger partial charge in [0.1, 0.15) is 10.7 Å². The fourth-order valence-corrected chi connectivity index (χ4v) is 2.26. The standard InChI is InChI=1S/C13H16N4O2S/c1-13(2)12(19)16-9(18)7-17(13)6-8-4-3-5-15-10(8)11(14)20/h3-5H,6-7H2,1-2H3,(H2,14,20)(H,16,18,19). The molecule has 0 atom stereocenters. The van der Waals surface area contributed by atoms with Crippen LogP contribution in [0.5, 0.6) is 0 Å². The number of imide groups is 1. The van der Waals surface area contributed by atoms with Crippen LogP contribution in [0.1, 0.15) is 25.1 Å². The minimum absolute atomic E-state index is 0.143. The van der Waals surface area contributed by atoms with E-state index in [0.29, 0.717) is 12.2 Å². The Bertz CT molecular complexity index is 585. The minimum atomic E-state index is -0.781. The maximum absolute atomic E-state index is 11.9. The van der Waals surface area contributed by atoms with E-state index >= 15 is 0 Å². The van der Waals surface area contributed by atoms with Crippen molar-refractivity contribution < 1.29 is 9.59 Å². The summed E-state index contributed by atoms with van der Waals surface area (Å²) < 4.78 is 0. The third kappa shape index (κ3) is 2.68. The van der Waals surface area contributed by atoms with Gasteiger partial charge in [-0.1, -0.05) is 18.3 Å². The summed E-state index contributed by atoms with van der Waals surface area (Å²) in [5, 5.41) is 2.34. The Labute approximate surface area is 122 Å². The van der Waals surface area contributed by atoms with Crippen LogP contribution in [0.3, 0.4) is 0 Å². The van der Waals surface area contributed by atoms with Crippen molar-refractivity contribution in [2.45, 2.75) is 25.9 Å². The largest absolute Gasteiger partial charge is 0.388 e. The molecule has 1 aliphatic rings. The van der Waals surface area contributed by atoms with E-state index in [1.54, 1.807) is 31.0 Å². The third-order valence-electron chi connectivity index (χ3n) is 3.42. The average molecular weight is 292 g/mol. The molecule has 1 aromatic rings. The number of nitrogens with zero attached hydrogens (tertiary/aromatic N) is 2. The zero-order chi connectivity index (χ0) is 14.9. The van der Waals surface area contributed by atoms with E-state index in [1.807, 2.05) is 6.07 Å². The van der Waals surface area contributed by atoms with Crippen molar-refractivity contribution in [3.05, 3.63) is 29.6 Å². The number of piperazine rings is 1. The van der Waals surface area contributed by atoms with Gasteiger partial charge in [0.25, 0.3) is 0 Å². The molecule has 0 saturated carbocycles. The fourth-order valence-electron chi connectivity index (χ4n) is 2.08. The first-order chi connectivity index (χ1) is 9.32. The highest BCUT2D eigenvalue weighted by atomic mass is 32.1. The quantitative estimate of drug-likeness (QED) is 0.600. The zero-order valence-electron chi connectivity index (χ0n) is 11.3. The molecule has 3 N–H and O–H groups in total. The number of amides is 2. The summed E-state index contributed by atoms with van der Waals surface area (Å²) in [6.07, 6.45) is 1.61. The molecular formula is C13H16N4O2S. The van der Waals surface area contributed by atoms with Crippen LogP contribution in [-0.4, -0.2) is 38.8 Å². The molecule has 6 nitrogen and oxygen atoms in total. The normalized spacial score (nSPS) is 18.7. The molecule has 2 amide bonds. The molecule has 2 rings (SSSR count). The van der Waals surface area contributed by atoms with Crippen LogP contribution in [0, 0.1) is 0 Å². The number of carbonyl (C=O) groups is 2. The molecule has 1 aromatic heterocycles. The highest BCUT2D eigenvalue weighted by Gasteiger charge is 2.40. The Kier molecular flexibility index (Phi) is 3.82. The monoisotopic (exact) mass is 292 g/mol. The molecule has 1 saturated heterocycles. The Morgan fingerprint density at radius 3 is 2.90 bits per heavy atom. The first-order valence-corrected chi connectivity index (χ1v) is 6.56. The van der Waals surface area contributed by atoms with Gasteiger partial charge in [-0.15, -0.1) is 0 Å². The Balaban J connectivity index is 2.31. The number of aromatic nitrogens is 1. The van der Waals surface area contributed by atoms with E-state index in [9.17, 15) is 9.59 Å². The molecule has 7 heteroatoms. The molecule has 20 heavy (non-hydrogen) atoms. The SMILES string of the molecule is CC1(C)C(=O)NC(=O)CN1Cc1cccnc1C(N)=S. The Morgan fingerprint density at radius 2 is 2.25 bits per heavy atom. The van der Waals surface area contributed by atoms with Crippen LogP contribution >= 0.6 is 12.2 Å². The van der Waals surface area contributed by atoms with Gasteiger partial charge in [-0.3, -0.25) is 24.8 Å². The van der Waals surface area contributed by atoms with Gasteiger partial charge in [0.15, 0.2) is 0 Å². The molecule has 1 aliphatic heterocycles. The second-order valence-corrected chi connectivity index (χ2v) is 5.61. The summed E-state index contributed by atoms with van der Waals surface area (Å²) in [4.78, 5) is 29.6. The molecule has 0 unspecified atom stereocenters. The van der Waals surface area contributed by atoms with Gasteiger partial charge in [-0.25, -0.2) is 0 Å². The molecule has 2 heterocycles. The topological polar surface area (TPSA) is 88.3 Å². The van der Waals surface area contributed by atoms with Crippen molar-refractivity contribution in [1.29, 1.82) is 0 Å². The summed E-state index contributed by atoms with van der Waals surface area (Å²) in [5.74, 6) is -0.621. The summed E-state index contributed by atoms with van der Waals surface area (Å²) in [6.45, 7) is 4.06. The summed E-state index contributed by atoms with van der Waals surface area (Å²) >= 11 is 4.97. The second kappa shape index (κ2) is 5.26. The molecule has 0 spiro atoms. The summed E-state index contributed by atoms with van der Waals surface area (Å²) in [7, 11) is 0. The first kappa shape index (κ1) is 14.5. The van der Waals surface area contributed by atoms with Gasteiger partial charge in [0.05, 0.1) is 12.1 Å². The van der Waals surface area contributed by atoms with Crippen LogP contribution in [0.15, 0.2) is 18.3 Å². The zero-order valence-corrected chi connectivity index (χ0v) is 12.2. The lowest BCUT2D eigenvalue weighted by atomic mass is 9.97. The average Bonchev–Trinajstić information content (AvgIpc) is 2.36. The van der Waals surface area contributed by atoms with Crippen LogP contribution in [0.2, 0.25) is 0 Å². The predicted octanol–water partition coefficient (Wildman–Crippen LogP) is -0.0472. The van der Waals surface area contributed by atoms with Crippen molar-refractivity contribution in [2.75, 3.05) is 6.54 Å². The summed E-state index contributed by atoms with van der Waals surface area (Å²) in [6, 6.07) is 3.62. The summed E-state index contributed by atoms with van der Waals surface area (Å²) in [5.41, 5.74) is 6.19. The maximum atomic E-state index is 11.9. The van der Waals surface area contributed by atoms with Crippen LogP contribution in [0.25, 0.3) is 0 Å². The van der Waals surface area contributed by atoms with Crippen LogP contribution in [-0.2, 0) is 16.1 Å². The predicted molar refractivity (Wildman–Crippen MR) is 77.8 cm³/mol.